The quantitative estimate of drug-likeness (QED) is 0.363. The van der Waals surface area contributed by atoms with Crippen molar-refractivity contribution in [3.8, 4) is 17.6 Å². The molecule has 0 aromatic heterocycles. The Kier molecular flexibility index (Phi) is 7.66. The van der Waals surface area contributed by atoms with Crippen LogP contribution >= 0.6 is 0 Å². The third kappa shape index (κ3) is 5.99. The summed E-state index contributed by atoms with van der Waals surface area (Å²) < 4.78 is 11.4. The van der Waals surface area contributed by atoms with E-state index in [9.17, 15) is 10.1 Å². The highest BCUT2D eigenvalue weighted by Gasteiger charge is 2.12. The van der Waals surface area contributed by atoms with Crippen LogP contribution in [0.4, 0.5) is 5.69 Å². The Morgan fingerprint density at radius 2 is 1.75 bits per heavy atom. The van der Waals surface area contributed by atoms with Gasteiger partial charge in [0, 0.05) is 11.3 Å². The van der Waals surface area contributed by atoms with Crippen LogP contribution in [0.25, 0.3) is 6.08 Å². The Hall–Kier alpha value is -4.04. The Bertz CT molecular complexity index is 1160. The van der Waals surface area contributed by atoms with Gasteiger partial charge in [0.1, 0.15) is 29.7 Å². The molecule has 0 atom stereocenters. The molecule has 0 aliphatic rings. The number of anilines is 1. The van der Waals surface area contributed by atoms with E-state index in [1.165, 1.54) is 11.1 Å². The van der Waals surface area contributed by atoms with Crippen LogP contribution in [-0.4, -0.2) is 12.5 Å². The molecule has 32 heavy (non-hydrogen) atoms. The van der Waals surface area contributed by atoms with Gasteiger partial charge in [0.2, 0.25) is 0 Å². The Balaban J connectivity index is 1.74. The Morgan fingerprint density at radius 3 is 2.44 bits per heavy atom. The van der Waals surface area contributed by atoms with E-state index in [-0.39, 0.29) is 5.57 Å². The van der Waals surface area contributed by atoms with Crippen molar-refractivity contribution in [3.63, 3.8) is 0 Å². The first kappa shape index (κ1) is 22.6. The molecule has 1 amide bonds. The minimum Gasteiger partial charge on any atom is -0.494 e. The first-order chi connectivity index (χ1) is 15.5. The second kappa shape index (κ2) is 10.8. The van der Waals surface area contributed by atoms with Gasteiger partial charge in [0.15, 0.2) is 0 Å². The molecule has 1 N–H and O–H groups in total. The molecular weight excluding hydrogens is 400 g/mol. The summed E-state index contributed by atoms with van der Waals surface area (Å²) in [5.74, 6) is 0.837. The molecule has 0 bridgehead atoms. The molecular formula is C27H26N2O3. The van der Waals surface area contributed by atoms with Crippen molar-refractivity contribution in [2.75, 3.05) is 11.9 Å². The fraction of sp³-hybridized carbons (Fsp3) is 0.185. The highest BCUT2D eigenvalue weighted by molar-refractivity contribution is 6.09. The number of benzene rings is 3. The molecule has 0 aliphatic carbocycles. The first-order valence-corrected chi connectivity index (χ1v) is 10.4. The molecule has 0 saturated heterocycles. The predicted octanol–water partition coefficient (Wildman–Crippen LogP) is 5.83. The van der Waals surface area contributed by atoms with Crippen molar-refractivity contribution in [1.29, 1.82) is 5.26 Å². The lowest BCUT2D eigenvalue weighted by molar-refractivity contribution is -0.112. The number of carbonyl (C=O) groups excluding carboxylic acids is 1. The first-order valence-electron chi connectivity index (χ1n) is 10.4. The zero-order chi connectivity index (χ0) is 22.9. The van der Waals surface area contributed by atoms with E-state index in [2.05, 4.69) is 31.3 Å². The van der Waals surface area contributed by atoms with E-state index < -0.39 is 5.91 Å². The van der Waals surface area contributed by atoms with Gasteiger partial charge in [0.25, 0.3) is 5.91 Å². The van der Waals surface area contributed by atoms with Gasteiger partial charge in [0.05, 0.1) is 6.61 Å². The van der Waals surface area contributed by atoms with Crippen molar-refractivity contribution in [3.05, 3.63) is 94.6 Å². The summed E-state index contributed by atoms with van der Waals surface area (Å²) in [6.45, 7) is 7.01. The molecule has 3 rings (SSSR count). The van der Waals surface area contributed by atoms with Crippen molar-refractivity contribution >= 4 is 17.7 Å². The van der Waals surface area contributed by atoms with Crippen LogP contribution in [0, 0.1) is 25.2 Å². The van der Waals surface area contributed by atoms with Crippen molar-refractivity contribution in [1.82, 2.24) is 0 Å². The molecule has 5 nitrogen and oxygen atoms in total. The number of amides is 1. The lowest BCUT2D eigenvalue weighted by atomic mass is 10.1. The van der Waals surface area contributed by atoms with Crippen LogP contribution in [0.3, 0.4) is 0 Å². The molecule has 0 saturated carbocycles. The van der Waals surface area contributed by atoms with Crippen molar-refractivity contribution in [2.45, 2.75) is 27.4 Å². The zero-order valence-corrected chi connectivity index (χ0v) is 18.5. The van der Waals surface area contributed by atoms with Gasteiger partial charge in [-0.05, 0) is 73.9 Å². The van der Waals surface area contributed by atoms with E-state index in [4.69, 9.17) is 9.47 Å². The summed E-state index contributed by atoms with van der Waals surface area (Å²) in [4.78, 5) is 12.6. The van der Waals surface area contributed by atoms with Crippen LogP contribution < -0.4 is 14.8 Å². The maximum atomic E-state index is 12.6. The van der Waals surface area contributed by atoms with Gasteiger partial charge in [-0.1, -0.05) is 36.4 Å². The average molecular weight is 427 g/mol. The second-order valence-electron chi connectivity index (χ2n) is 7.33. The van der Waals surface area contributed by atoms with Crippen molar-refractivity contribution in [2.24, 2.45) is 0 Å². The number of rotatable bonds is 8. The molecule has 3 aromatic carbocycles. The highest BCUT2D eigenvalue weighted by atomic mass is 16.5. The number of nitrogens with zero attached hydrogens (tertiary/aromatic N) is 1. The smallest absolute Gasteiger partial charge is 0.266 e. The number of para-hydroxylation sites is 1. The fourth-order valence-corrected chi connectivity index (χ4v) is 3.09. The summed E-state index contributed by atoms with van der Waals surface area (Å²) >= 11 is 0. The largest absolute Gasteiger partial charge is 0.494 e. The number of hydrogen-bond acceptors (Lipinski definition) is 4. The van der Waals surface area contributed by atoms with E-state index in [1.807, 2.05) is 43.3 Å². The third-order valence-electron chi connectivity index (χ3n) is 4.97. The Morgan fingerprint density at radius 1 is 1.00 bits per heavy atom. The molecule has 5 heteroatoms. The van der Waals surface area contributed by atoms with Gasteiger partial charge in [-0.15, -0.1) is 0 Å². The number of nitriles is 1. The number of aryl methyl sites for hydroxylation is 2. The molecule has 0 fully saturated rings. The van der Waals surface area contributed by atoms with Gasteiger partial charge in [-0.25, -0.2) is 0 Å². The normalized spacial score (nSPS) is 10.9. The van der Waals surface area contributed by atoms with Crippen LogP contribution in [0.1, 0.15) is 29.2 Å². The molecule has 0 spiro atoms. The standard InChI is InChI=1S/C27H26N2O3/c1-4-31-25-13-11-24(12-14-25)29-27(30)23(17-28)16-22-7-5-6-8-26(22)32-18-21-10-9-19(2)20(3)15-21/h5-16H,4,18H2,1-3H3,(H,29,30)/b23-16+. The van der Waals surface area contributed by atoms with E-state index in [0.29, 0.717) is 30.2 Å². The molecule has 0 unspecified atom stereocenters. The molecule has 0 aliphatic heterocycles. The van der Waals surface area contributed by atoms with Gasteiger partial charge >= 0.3 is 0 Å². The van der Waals surface area contributed by atoms with Crippen LogP contribution in [0.5, 0.6) is 11.5 Å². The van der Waals surface area contributed by atoms with Gasteiger partial charge < -0.3 is 14.8 Å². The molecule has 0 radical (unpaired) electrons. The van der Waals surface area contributed by atoms with E-state index in [0.717, 1.165) is 11.3 Å². The van der Waals surface area contributed by atoms with Crippen LogP contribution in [0.2, 0.25) is 0 Å². The summed E-state index contributed by atoms with van der Waals surface area (Å²) in [6.07, 6.45) is 1.54. The number of hydrogen-bond donors (Lipinski definition) is 1. The molecule has 0 heterocycles. The van der Waals surface area contributed by atoms with E-state index in [1.54, 1.807) is 30.3 Å². The SMILES string of the molecule is CCOc1ccc(NC(=O)/C(C#N)=C/c2ccccc2OCc2ccc(C)c(C)c2)cc1. The third-order valence-corrected chi connectivity index (χ3v) is 4.97. The van der Waals surface area contributed by atoms with E-state index >= 15 is 0 Å². The second-order valence-corrected chi connectivity index (χ2v) is 7.33. The van der Waals surface area contributed by atoms with Crippen LogP contribution in [0.15, 0.2) is 72.3 Å². The van der Waals surface area contributed by atoms with Crippen molar-refractivity contribution < 1.29 is 14.3 Å². The molecule has 162 valence electrons. The Labute approximate surface area is 188 Å². The summed E-state index contributed by atoms with van der Waals surface area (Å²) in [7, 11) is 0. The fourth-order valence-electron chi connectivity index (χ4n) is 3.09. The van der Waals surface area contributed by atoms with Gasteiger partial charge in [-0.3, -0.25) is 4.79 Å². The number of carbonyl (C=O) groups is 1. The minimum atomic E-state index is -0.486. The topological polar surface area (TPSA) is 71.3 Å². The number of nitrogens with one attached hydrogen (secondary N) is 1. The monoisotopic (exact) mass is 426 g/mol. The maximum absolute atomic E-state index is 12.6. The predicted molar refractivity (Wildman–Crippen MR) is 127 cm³/mol. The maximum Gasteiger partial charge on any atom is 0.266 e. The lowest BCUT2D eigenvalue weighted by Gasteiger charge is -2.11. The minimum absolute atomic E-state index is 0.0129. The average Bonchev–Trinajstić information content (AvgIpc) is 2.80. The zero-order valence-electron chi connectivity index (χ0n) is 18.5. The summed E-state index contributed by atoms with van der Waals surface area (Å²) in [5.41, 5.74) is 4.72. The molecule has 3 aromatic rings. The van der Waals surface area contributed by atoms with Crippen LogP contribution in [-0.2, 0) is 11.4 Å². The number of ether oxygens (including phenoxy) is 2. The highest BCUT2D eigenvalue weighted by Crippen LogP contribution is 2.23. The summed E-state index contributed by atoms with van der Waals surface area (Å²) in [6, 6.07) is 22.5. The van der Waals surface area contributed by atoms with Gasteiger partial charge in [-0.2, -0.15) is 5.26 Å². The lowest BCUT2D eigenvalue weighted by Crippen LogP contribution is -2.13. The summed E-state index contributed by atoms with van der Waals surface area (Å²) in [5, 5.41) is 12.3.